The van der Waals surface area contributed by atoms with Crippen LogP contribution in [0.4, 0.5) is 5.82 Å². The fraction of sp³-hybridized carbons (Fsp3) is 0.500. The molecule has 2 saturated heterocycles. The number of anilines is 1. The average molecular weight is 379 g/mol. The number of nitrogens with zero attached hydrogens (tertiary/aromatic N) is 7. The van der Waals surface area contributed by atoms with E-state index in [1.54, 1.807) is 6.33 Å². The van der Waals surface area contributed by atoms with Crippen LogP contribution in [0.3, 0.4) is 0 Å². The topological polar surface area (TPSA) is 72.2 Å². The van der Waals surface area contributed by atoms with Crippen molar-refractivity contribution in [2.75, 3.05) is 37.7 Å². The van der Waals surface area contributed by atoms with Crippen LogP contribution in [-0.2, 0) is 17.8 Å². The summed E-state index contributed by atoms with van der Waals surface area (Å²) in [4.78, 5) is 22.6. The maximum Gasteiger partial charge on any atom is 0.165 e. The summed E-state index contributed by atoms with van der Waals surface area (Å²) in [6.45, 7) is 6.53. The Bertz CT molecular complexity index is 915. The van der Waals surface area contributed by atoms with Crippen LogP contribution in [0, 0.1) is 0 Å². The van der Waals surface area contributed by atoms with E-state index in [4.69, 9.17) is 4.74 Å². The summed E-state index contributed by atoms with van der Waals surface area (Å²) < 4.78 is 7.88. The van der Waals surface area contributed by atoms with E-state index in [1.807, 2.05) is 18.7 Å². The predicted octanol–water partition coefficient (Wildman–Crippen LogP) is 1.72. The maximum absolute atomic E-state index is 5.77. The van der Waals surface area contributed by atoms with Crippen LogP contribution in [-0.4, -0.2) is 68.3 Å². The Balaban J connectivity index is 1.28. The number of rotatable bonds is 5. The fourth-order valence-electron chi connectivity index (χ4n) is 4.11. The number of pyridine rings is 1. The third-order valence-corrected chi connectivity index (χ3v) is 5.63. The molecule has 2 aliphatic rings. The molecule has 8 heteroatoms. The van der Waals surface area contributed by atoms with Crippen molar-refractivity contribution in [2.24, 2.45) is 0 Å². The third-order valence-electron chi connectivity index (χ3n) is 5.63. The monoisotopic (exact) mass is 379 g/mol. The SMILES string of the molecule is c1cc(CN2CCN(c3ncnc4c3ncn4CC3CCCO3)CC2)ccn1. The molecule has 1 unspecified atom stereocenters. The van der Waals surface area contributed by atoms with Crippen LogP contribution in [0.2, 0.25) is 0 Å². The molecule has 5 rings (SSSR count). The quantitative estimate of drug-likeness (QED) is 0.668. The molecule has 1 atom stereocenters. The Hall–Kier alpha value is -2.58. The van der Waals surface area contributed by atoms with Crippen LogP contribution in [0.25, 0.3) is 11.2 Å². The summed E-state index contributed by atoms with van der Waals surface area (Å²) in [7, 11) is 0. The van der Waals surface area contributed by atoms with Gasteiger partial charge in [0.05, 0.1) is 19.0 Å². The highest BCUT2D eigenvalue weighted by atomic mass is 16.5. The minimum Gasteiger partial charge on any atom is -0.376 e. The molecule has 2 fully saturated rings. The van der Waals surface area contributed by atoms with E-state index >= 15 is 0 Å². The zero-order valence-electron chi connectivity index (χ0n) is 15.9. The van der Waals surface area contributed by atoms with Crippen molar-refractivity contribution in [2.45, 2.75) is 32.0 Å². The summed E-state index contributed by atoms with van der Waals surface area (Å²) in [5, 5.41) is 0. The Morgan fingerprint density at radius 2 is 1.89 bits per heavy atom. The van der Waals surface area contributed by atoms with E-state index in [-0.39, 0.29) is 6.10 Å². The van der Waals surface area contributed by atoms with Gasteiger partial charge in [-0.25, -0.2) is 15.0 Å². The van der Waals surface area contributed by atoms with Gasteiger partial charge in [-0.3, -0.25) is 9.88 Å². The van der Waals surface area contributed by atoms with E-state index in [9.17, 15) is 0 Å². The first-order valence-electron chi connectivity index (χ1n) is 10.0. The number of piperazine rings is 1. The minimum atomic E-state index is 0.271. The first-order valence-corrected chi connectivity index (χ1v) is 10.0. The minimum absolute atomic E-state index is 0.271. The zero-order chi connectivity index (χ0) is 18.8. The van der Waals surface area contributed by atoms with Gasteiger partial charge in [-0.05, 0) is 30.5 Å². The van der Waals surface area contributed by atoms with Gasteiger partial charge < -0.3 is 14.2 Å². The molecule has 0 spiro atoms. The fourth-order valence-corrected chi connectivity index (χ4v) is 4.11. The number of hydrogen-bond acceptors (Lipinski definition) is 7. The van der Waals surface area contributed by atoms with Crippen molar-refractivity contribution < 1.29 is 4.74 Å². The number of aromatic nitrogens is 5. The van der Waals surface area contributed by atoms with Gasteiger partial charge in [0.1, 0.15) is 6.33 Å². The molecule has 0 N–H and O–H groups in total. The van der Waals surface area contributed by atoms with Crippen molar-refractivity contribution in [1.29, 1.82) is 0 Å². The first kappa shape index (κ1) is 17.5. The molecule has 146 valence electrons. The lowest BCUT2D eigenvalue weighted by Crippen LogP contribution is -2.46. The molecule has 5 heterocycles. The molecule has 2 aliphatic heterocycles. The smallest absolute Gasteiger partial charge is 0.165 e. The van der Waals surface area contributed by atoms with E-state index < -0.39 is 0 Å². The standard InChI is InChI=1S/C20H25N7O/c1-2-17(28-11-1)13-27-15-24-18-19(22-14-23-20(18)27)26-9-7-25(8-10-26)12-16-3-5-21-6-4-16/h3-6,14-15,17H,1-2,7-13H2. The Labute approximate surface area is 164 Å². The molecule has 28 heavy (non-hydrogen) atoms. The molecular weight excluding hydrogens is 354 g/mol. The van der Waals surface area contributed by atoms with Gasteiger partial charge in [0.25, 0.3) is 0 Å². The van der Waals surface area contributed by atoms with Gasteiger partial charge >= 0.3 is 0 Å². The van der Waals surface area contributed by atoms with Crippen molar-refractivity contribution >= 4 is 17.0 Å². The molecular formula is C20H25N7O. The summed E-state index contributed by atoms with van der Waals surface area (Å²) in [6, 6.07) is 4.17. The van der Waals surface area contributed by atoms with Gasteiger partial charge in [0, 0.05) is 51.7 Å². The van der Waals surface area contributed by atoms with Crippen molar-refractivity contribution in [3.63, 3.8) is 0 Å². The number of imidazole rings is 1. The maximum atomic E-state index is 5.77. The lowest BCUT2D eigenvalue weighted by atomic mass is 10.2. The van der Waals surface area contributed by atoms with E-state index in [0.29, 0.717) is 0 Å². The Kier molecular flexibility index (Phi) is 4.88. The summed E-state index contributed by atoms with van der Waals surface area (Å²) in [6.07, 6.45) is 9.77. The van der Waals surface area contributed by atoms with Crippen LogP contribution >= 0.6 is 0 Å². The molecule has 3 aromatic heterocycles. The van der Waals surface area contributed by atoms with E-state index in [2.05, 4.69) is 46.4 Å². The van der Waals surface area contributed by atoms with Crippen molar-refractivity contribution in [3.05, 3.63) is 42.7 Å². The molecule has 8 nitrogen and oxygen atoms in total. The second-order valence-corrected chi connectivity index (χ2v) is 7.52. The van der Waals surface area contributed by atoms with Gasteiger partial charge in [0.15, 0.2) is 17.0 Å². The molecule has 0 aromatic carbocycles. The Morgan fingerprint density at radius 1 is 1.04 bits per heavy atom. The van der Waals surface area contributed by atoms with Crippen LogP contribution in [0.1, 0.15) is 18.4 Å². The van der Waals surface area contributed by atoms with E-state index in [1.165, 1.54) is 5.56 Å². The van der Waals surface area contributed by atoms with Crippen molar-refractivity contribution in [3.8, 4) is 0 Å². The third kappa shape index (κ3) is 3.57. The summed E-state index contributed by atoms with van der Waals surface area (Å²) >= 11 is 0. The molecule has 0 amide bonds. The van der Waals surface area contributed by atoms with E-state index in [0.717, 1.165) is 75.7 Å². The summed E-state index contributed by atoms with van der Waals surface area (Å²) in [5.74, 6) is 0.944. The lowest BCUT2D eigenvalue weighted by molar-refractivity contribution is 0.0978. The van der Waals surface area contributed by atoms with Gasteiger partial charge in [-0.2, -0.15) is 0 Å². The normalized spacial score (nSPS) is 20.9. The van der Waals surface area contributed by atoms with Crippen LogP contribution in [0.15, 0.2) is 37.2 Å². The highest BCUT2D eigenvalue weighted by Crippen LogP contribution is 2.24. The second-order valence-electron chi connectivity index (χ2n) is 7.52. The summed E-state index contributed by atoms with van der Waals surface area (Å²) in [5.41, 5.74) is 3.10. The predicted molar refractivity (Wildman–Crippen MR) is 106 cm³/mol. The average Bonchev–Trinajstić information content (AvgIpc) is 3.40. The largest absolute Gasteiger partial charge is 0.376 e. The number of hydrogen-bond donors (Lipinski definition) is 0. The molecule has 0 bridgehead atoms. The second kappa shape index (κ2) is 7.81. The molecule has 0 saturated carbocycles. The van der Waals surface area contributed by atoms with Gasteiger partial charge in [-0.1, -0.05) is 0 Å². The highest BCUT2D eigenvalue weighted by molar-refractivity contribution is 5.83. The van der Waals surface area contributed by atoms with Gasteiger partial charge in [-0.15, -0.1) is 0 Å². The molecule has 0 radical (unpaired) electrons. The Morgan fingerprint density at radius 3 is 2.68 bits per heavy atom. The van der Waals surface area contributed by atoms with Crippen molar-refractivity contribution in [1.82, 2.24) is 29.4 Å². The lowest BCUT2D eigenvalue weighted by Gasteiger charge is -2.35. The van der Waals surface area contributed by atoms with Crippen LogP contribution < -0.4 is 4.90 Å². The van der Waals surface area contributed by atoms with Crippen LogP contribution in [0.5, 0.6) is 0 Å². The molecule has 3 aromatic rings. The highest BCUT2D eigenvalue weighted by Gasteiger charge is 2.23. The first-order chi connectivity index (χ1) is 13.9. The zero-order valence-corrected chi connectivity index (χ0v) is 15.9. The number of ether oxygens (including phenoxy) is 1. The van der Waals surface area contributed by atoms with Gasteiger partial charge in [0.2, 0.25) is 0 Å². The number of fused-ring (bicyclic) bond motifs is 1. The molecule has 0 aliphatic carbocycles.